The van der Waals surface area contributed by atoms with Crippen LogP contribution >= 0.6 is 0 Å². The van der Waals surface area contributed by atoms with E-state index in [1.807, 2.05) is 6.07 Å². The van der Waals surface area contributed by atoms with Crippen molar-refractivity contribution in [3.8, 4) is 5.75 Å². The van der Waals surface area contributed by atoms with E-state index in [4.69, 9.17) is 4.74 Å². The first-order chi connectivity index (χ1) is 9.89. The van der Waals surface area contributed by atoms with Gasteiger partial charge >= 0.3 is 5.97 Å². The zero-order valence-corrected chi connectivity index (χ0v) is 11.9. The first kappa shape index (κ1) is 15.3. The van der Waals surface area contributed by atoms with Crippen LogP contribution < -0.4 is 4.74 Å². The Labute approximate surface area is 122 Å². The maximum Gasteiger partial charge on any atom is 0.340 e. The fourth-order valence-corrected chi connectivity index (χ4v) is 2.08. The second kappa shape index (κ2) is 5.71. The molecule has 1 atom stereocenters. The van der Waals surface area contributed by atoms with Gasteiger partial charge in [-0.3, -0.25) is 0 Å². The van der Waals surface area contributed by atoms with E-state index in [9.17, 15) is 20.1 Å². The van der Waals surface area contributed by atoms with Crippen LogP contribution in [0.5, 0.6) is 5.75 Å². The molecule has 2 rings (SSSR count). The predicted molar refractivity (Wildman–Crippen MR) is 78.4 cm³/mol. The number of carbonyl (C=O) groups is 1. The lowest BCUT2D eigenvalue weighted by Gasteiger charge is -2.31. The molecule has 1 unspecified atom stereocenters. The molecule has 0 amide bonds. The molecule has 3 N–H and O–H groups in total. The standard InChI is InChI=1S/C16H18O5/c1-10(2)16(20,9-17)21-13-8-7-11-5-3-4-6-12(11)14(13)15(18)19/h3-8,10,17,20H,9H2,1-2H3,(H,18,19). The highest BCUT2D eigenvalue weighted by Gasteiger charge is 2.34. The predicted octanol–water partition coefficient (Wildman–Crippen LogP) is 2.25. The van der Waals surface area contributed by atoms with Crippen LogP contribution in [0, 0.1) is 5.92 Å². The van der Waals surface area contributed by atoms with E-state index in [0.717, 1.165) is 5.39 Å². The van der Waals surface area contributed by atoms with Gasteiger partial charge in [0.1, 0.15) is 17.9 Å². The number of carboxylic acid groups (broad SMARTS) is 1. The summed E-state index contributed by atoms with van der Waals surface area (Å²) < 4.78 is 5.44. The van der Waals surface area contributed by atoms with Gasteiger partial charge in [0, 0.05) is 5.92 Å². The number of aliphatic hydroxyl groups excluding tert-OH is 1. The molecule has 0 aliphatic heterocycles. The van der Waals surface area contributed by atoms with Gasteiger partial charge in [-0.2, -0.15) is 0 Å². The van der Waals surface area contributed by atoms with Crippen LogP contribution in [-0.2, 0) is 0 Å². The number of fused-ring (bicyclic) bond motifs is 1. The van der Waals surface area contributed by atoms with Crippen molar-refractivity contribution in [1.29, 1.82) is 0 Å². The lowest BCUT2D eigenvalue weighted by molar-refractivity contribution is -0.194. The summed E-state index contributed by atoms with van der Waals surface area (Å²) in [4.78, 5) is 11.6. The first-order valence-corrected chi connectivity index (χ1v) is 6.66. The highest BCUT2D eigenvalue weighted by atomic mass is 16.6. The molecule has 5 nitrogen and oxygen atoms in total. The lowest BCUT2D eigenvalue weighted by atomic mass is 10.0. The number of ether oxygens (including phenoxy) is 1. The van der Waals surface area contributed by atoms with Crippen molar-refractivity contribution in [2.45, 2.75) is 19.6 Å². The molecule has 0 saturated carbocycles. The number of carboxylic acids is 1. The lowest BCUT2D eigenvalue weighted by Crippen LogP contribution is -2.45. The van der Waals surface area contributed by atoms with Gasteiger partial charge in [-0.25, -0.2) is 4.79 Å². The van der Waals surface area contributed by atoms with Gasteiger partial charge in [0.2, 0.25) is 5.79 Å². The summed E-state index contributed by atoms with van der Waals surface area (Å²) in [5, 5.41) is 30.3. The van der Waals surface area contributed by atoms with Gasteiger partial charge in [-0.05, 0) is 16.8 Å². The molecule has 0 aliphatic carbocycles. The maximum atomic E-state index is 11.6. The van der Waals surface area contributed by atoms with Crippen molar-refractivity contribution in [2.75, 3.05) is 6.61 Å². The Balaban J connectivity index is 2.59. The molecule has 0 saturated heterocycles. The van der Waals surface area contributed by atoms with Gasteiger partial charge in [-0.1, -0.05) is 44.2 Å². The van der Waals surface area contributed by atoms with E-state index < -0.39 is 24.3 Å². The summed E-state index contributed by atoms with van der Waals surface area (Å²) in [7, 11) is 0. The molecule has 0 bridgehead atoms. The minimum atomic E-state index is -1.83. The third kappa shape index (κ3) is 2.84. The highest BCUT2D eigenvalue weighted by Crippen LogP contribution is 2.32. The Kier molecular flexibility index (Phi) is 4.16. The summed E-state index contributed by atoms with van der Waals surface area (Å²) in [6.45, 7) is 2.73. The fourth-order valence-electron chi connectivity index (χ4n) is 2.08. The summed E-state index contributed by atoms with van der Waals surface area (Å²) in [5.41, 5.74) is -0.0272. The van der Waals surface area contributed by atoms with E-state index >= 15 is 0 Å². The molecule has 2 aromatic carbocycles. The number of aliphatic hydroxyl groups is 2. The normalized spacial score (nSPS) is 14.1. The molecule has 0 heterocycles. The average Bonchev–Trinajstić information content (AvgIpc) is 2.46. The van der Waals surface area contributed by atoms with Gasteiger partial charge < -0.3 is 20.1 Å². The van der Waals surface area contributed by atoms with Crippen LogP contribution in [0.4, 0.5) is 0 Å². The minimum absolute atomic E-state index is 0.0272. The number of hydrogen-bond acceptors (Lipinski definition) is 4. The van der Waals surface area contributed by atoms with Gasteiger partial charge in [0.15, 0.2) is 0 Å². The average molecular weight is 290 g/mol. The number of benzene rings is 2. The van der Waals surface area contributed by atoms with E-state index in [2.05, 4.69) is 0 Å². The van der Waals surface area contributed by atoms with Gasteiger partial charge in [0.25, 0.3) is 0 Å². The third-order valence-electron chi connectivity index (χ3n) is 3.52. The molecular weight excluding hydrogens is 272 g/mol. The number of aromatic carboxylic acids is 1. The smallest absolute Gasteiger partial charge is 0.340 e. The monoisotopic (exact) mass is 290 g/mol. The first-order valence-electron chi connectivity index (χ1n) is 6.66. The fraction of sp³-hybridized carbons (Fsp3) is 0.312. The summed E-state index contributed by atoms with van der Waals surface area (Å²) in [5.74, 6) is -3.35. The third-order valence-corrected chi connectivity index (χ3v) is 3.52. The minimum Gasteiger partial charge on any atom is -0.478 e. The van der Waals surface area contributed by atoms with Crippen molar-refractivity contribution in [1.82, 2.24) is 0 Å². The van der Waals surface area contributed by atoms with E-state index in [-0.39, 0.29) is 11.3 Å². The summed E-state index contributed by atoms with van der Waals surface area (Å²) >= 11 is 0. The highest BCUT2D eigenvalue weighted by molar-refractivity contribution is 6.06. The second-order valence-electron chi connectivity index (χ2n) is 5.22. The van der Waals surface area contributed by atoms with Crippen LogP contribution in [0.1, 0.15) is 24.2 Å². The quantitative estimate of drug-likeness (QED) is 0.735. The van der Waals surface area contributed by atoms with E-state index in [1.165, 1.54) is 6.07 Å². The molecule has 0 radical (unpaired) electrons. The molecule has 0 spiro atoms. The molecule has 5 heteroatoms. The van der Waals surface area contributed by atoms with Crippen molar-refractivity contribution in [3.05, 3.63) is 42.0 Å². The summed E-state index contributed by atoms with van der Waals surface area (Å²) in [6, 6.07) is 10.2. The zero-order valence-electron chi connectivity index (χ0n) is 11.9. The van der Waals surface area contributed by atoms with E-state index in [0.29, 0.717) is 5.39 Å². The zero-order chi connectivity index (χ0) is 15.6. The molecule has 0 fully saturated rings. The van der Waals surface area contributed by atoms with Crippen LogP contribution in [0.3, 0.4) is 0 Å². The SMILES string of the molecule is CC(C)C(O)(CO)Oc1ccc2ccccc2c1C(=O)O. The topological polar surface area (TPSA) is 87.0 Å². The van der Waals surface area contributed by atoms with Gasteiger partial charge in [-0.15, -0.1) is 0 Å². The molecular formula is C16H18O5. The Bertz CT molecular complexity index is 665. The Morgan fingerprint density at radius 3 is 2.48 bits per heavy atom. The van der Waals surface area contributed by atoms with Crippen molar-refractivity contribution < 1.29 is 24.9 Å². The Hall–Kier alpha value is -2.11. The van der Waals surface area contributed by atoms with E-state index in [1.54, 1.807) is 38.1 Å². The van der Waals surface area contributed by atoms with Crippen molar-refractivity contribution in [2.24, 2.45) is 5.92 Å². The second-order valence-corrected chi connectivity index (χ2v) is 5.22. The van der Waals surface area contributed by atoms with Crippen LogP contribution in [0.15, 0.2) is 36.4 Å². The van der Waals surface area contributed by atoms with Crippen molar-refractivity contribution in [3.63, 3.8) is 0 Å². The largest absolute Gasteiger partial charge is 0.478 e. The molecule has 0 aromatic heterocycles. The number of rotatable bonds is 5. The van der Waals surface area contributed by atoms with Crippen molar-refractivity contribution >= 4 is 16.7 Å². The van der Waals surface area contributed by atoms with Gasteiger partial charge in [0.05, 0.1) is 0 Å². The summed E-state index contributed by atoms with van der Waals surface area (Å²) in [6.07, 6.45) is 0. The molecule has 2 aromatic rings. The van der Waals surface area contributed by atoms with Crippen LogP contribution in [0.2, 0.25) is 0 Å². The van der Waals surface area contributed by atoms with Crippen LogP contribution in [-0.4, -0.2) is 33.7 Å². The maximum absolute atomic E-state index is 11.6. The molecule has 21 heavy (non-hydrogen) atoms. The molecule has 0 aliphatic rings. The van der Waals surface area contributed by atoms with Crippen LogP contribution in [0.25, 0.3) is 10.8 Å². The number of hydrogen-bond donors (Lipinski definition) is 3. The molecule has 112 valence electrons. The Morgan fingerprint density at radius 2 is 1.90 bits per heavy atom. The Morgan fingerprint density at radius 1 is 1.24 bits per heavy atom.